The number of aromatic nitrogens is 3. The maximum Gasteiger partial charge on any atom is 0.401 e. The lowest BCUT2D eigenvalue weighted by Crippen LogP contribution is -2.30. The first kappa shape index (κ1) is 12.9. The van der Waals surface area contributed by atoms with E-state index in [1.165, 1.54) is 11.7 Å². The van der Waals surface area contributed by atoms with Crippen molar-refractivity contribution in [3.8, 4) is 0 Å². The van der Waals surface area contributed by atoms with Crippen LogP contribution >= 0.6 is 0 Å². The molecule has 0 bridgehead atoms. The molecule has 2 N–H and O–H groups in total. The van der Waals surface area contributed by atoms with Crippen LogP contribution in [0.3, 0.4) is 0 Å². The molecule has 1 heterocycles. The van der Waals surface area contributed by atoms with Gasteiger partial charge >= 0.3 is 6.18 Å². The number of hydrogen-bond acceptors (Lipinski definition) is 4. The van der Waals surface area contributed by atoms with Crippen LogP contribution in [-0.2, 0) is 13.1 Å². The molecule has 1 aromatic heterocycles. The first-order valence-corrected chi connectivity index (χ1v) is 4.75. The smallest absolute Gasteiger partial charge is 0.329 e. The Morgan fingerprint density at radius 3 is 2.75 bits per heavy atom. The second-order valence-corrected chi connectivity index (χ2v) is 3.55. The Morgan fingerprint density at radius 1 is 1.50 bits per heavy atom. The Labute approximate surface area is 91.0 Å². The number of nitrogens with zero attached hydrogens (tertiary/aromatic N) is 4. The van der Waals surface area contributed by atoms with E-state index < -0.39 is 12.7 Å². The van der Waals surface area contributed by atoms with E-state index in [2.05, 4.69) is 10.3 Å². The lowest BCUT2D eigenvalue weighted by atomic mass is 10.4. The molecule has 0 saturated carbocycles. The van der Waals surface area contributed by atoms with Gasteiger partial charge in [0.25, 0.3) is 0 Å². The Morgan fingerprint density at radius 2 is 2.19 bits per heavy atom. The molecule has 0 aliphatic rings. The fourth-order valence-electron chi connectivity index (χ4n) is 1.29. The lowest BCUT2D eigenvalue weighted by Gasteiger charge is -2.16. The Kier molecular flexibility index (Phi) is 4.25. The molecule has 0 fully saturated rings. The van der Waals surface area contributed by atoms with Crippen molar-refractivity contribution in [2.45, 2.75) is 19.3 Å². The number of alkyl halides is 3. The van der Waals surface area contributed by atoms with Crippen LogP contribution in [0.2, 0.25) is 0 Å². The standard InChI is InChI=1S/C8H14F3N5/c1-15(6-8(9,10)11)4-7-5-16(3-2-12)14-13-7/h5H,2-4,6,12H2,1H3. The molecule has 92 valence electrons. The maximum atomic E-state index is 12.0. The van der Waals surface area contributed by atoms with E-state index in [-0.39, 0.29) is 6.54 Å². The second-order valence-electron chi connectivity index (χ2n) is 3.55. The zero-order valence-corrected chi connectivity index (χ0v) is 8.91. The van der Waals surface area contributed by atoms with Crippen LogP contribution in [0.5, 0.6) is 0 Å². The summed E-state index contributed by atoms with van der Waals surface area (Å²) in [5.41, 5.74) is 5.81. The molecule has 0 aromatic carbocycles. The largest absolute Gasteiger partial charge is 0.401 e. The lowest BCUT2D eigenvalue weighted by molar-refractivity contribution is -0.144. The van der Waals surface area contributed by atoms with Gasteiger partial charge in [0, 0.05) is 19.3 Å². The van der Waals surface area contributed by atoms with Gasteiger partial charge < -0.3 is 5.73 Å². The summed E-state index contributed by atoms with van der Waals surface area (Å²) < 4.78 is 37.6. The highest BCUT2D eigenvalue weighted by atomic mass is 19.4. The average molecular weight is 237 g/mol. The third kappa shape index (κ3) is 4.58. The SMILES string of the molecule is CN(Cc1cn(CCN)nn1)CC(F)(F)F. The minimum Gasteiger partial charge on any atom is -0.329 e. The molecule has 0 aliphatic carbocycles. The van der Waals surface area contributed by atoms with Crippen molar-refractivity contribution in [3.05, 3.63) is 11.9 Å². The van der Waals surface area contributed by atoms with Gasteiger partial charge in [-0.3, -0.25) is 9.58 Å². The first-order valence-electron chi connectivity index (χ1n) is 4.75. The van der Waals surface area contributed by atoms with Crippen LogP contribution < -0.4 is 5.73 Å². The van der Waals surface area contributed by atoms with E-state index in [1.54, 1.807) is 6.20 Å². The van der Waals surface area contributed by atoms with Crippen molar-refractivity contribution < 1.29 is 13.2 Å². The van der Waals surface area contributed by atoms with Gasteiger partial charge in [0.05, 0.1) is 18.8 Å². The number of nitrogens with two attached hydrogens (primary N) is 1. The van der Waals surface area contributed by atoms with Crippen LogP contribution in [-0.4, -0.2) is 46.2 Å². The van der Waals surface area contributed by atoms with E-state index in [1.807, 2.05) is 0 Å². The molecular weight excluding hydrogens is 223 g/mol. The fraction of sp³-hybridized carbons (Fsp3) is 0.750. The fourth-order valence-corrected chi connectivity index (χ4v) is 1.29. The maximum absolute atomic E-state index is 12.0. The van der Waals surface area contributed by atoms with Crippen LogP contribution in [0.15, 0.2) is 6.20 Å². The molecule has 0 spiro atoms. The van der Waals surface area contributed by atoms with Crippen LogP contribution in [0, 0.1) is 0 Å². The Bertz CT molecular complexity index is 322. The van der Waals surface area contributed by atoms with Crippen molar-refractivity contribution in [2.75, 3.05) is 20.1 Å². The van der Waals surface area contributed by atoms with Crippen molar-refractivity contribution in [1.29, 1.82) is 0 Å². The normalized spacial score (nSPS) is 12.4. The molecule has 0 aliphatic heterocycles. The minimum atomic E-state index is -4.19. The van der Waals surface area contributed by atoms with E-state index in [0.29, 0.717) is 18.8 Å². The highest BCUT2D eigenvalue weighted by molar-refractivity contribution is 4.92. The summed E-state index contributed by atoms with van der Waals surface area (Å²) in [5, 5.41) is 7.49. The van der Waals surface area contributed by atoms with Crippen molar-refractivity contribution in [1.82, 2.24) is 19.9 Å². The average Bonchev–Trinajstić information content (AvgIpc) is 2.49. The van der Waals surface area contributed by atoms with Crippen LogP contribution in [0.1, 0.15) is 5.69 Å². The van der Waals surface area contributed by atoms with E-state index in [9.17, 15) is 13.2 Å². The molecule has 1 rings (SSSR count). The van der Waals surface area contributed by atoms with Crippen molar-refractivity contribution in [2.24, 2.45) is 5.73 Å². The molecular formula is C8H14F3N5. The van der Waals surface area contributed by atoms with Crippen molar-refractivity contribution in [3.63, 3.8) is 0 Å². The summed E-state index contributed by atoms with van der Waals surface area (Å²) in [6, 6.07) is 0. The molecule has 0 atom stereocenters. The molecule has 0 radical (unpaired) electrons. The third-order valence-corrected chi connectivity index (χ3v) is 1.83. The Balaban J connectivity index is 2.46. The zero-order valence-electron chi connectivity index (χ0n) is 8.91. The third-order valence-electron chi connectivity index (χ3n) is 1.83. The summed E-state index contributed by atoms with van der Waals surface area (Å²) in [7, 11) is 1.38. The molecule has 0 unspecified atom stereocenters. The summed E-state index contributed by atoms with van der Waals surface area (Å²) in [6.07, 6.45) is -2.60. The van der Waals surface area contributed by atoms with Gasteiger partial charge in [-0.15, -0.1) is 5.10 Å². The summed E-state index contributed by atoms with van der Waals surface area (Å²) in [5.74, 6) is 0. The molecule has 0 amide bonds. The second kappa shape index (κ2) is 5.26. The molecule has 0 saturated heterocycles. The number of halogens is 3. The number of hydrogen-bond donors (Lipinski definition) is 1. The monoisotopic (exact) mass is 237 g/mol. The summed E-state index contributed by atoms with van der Waals surface area (Å²) >= 11 is 0. The topological polar surface area (TPSA) is 60.0 Å². The quantitative estimate of drug-likeness (QED) is 0.796. The van der Waals surface area contributed by atoms with Gasteiger partial charge in [0.1, 0.15) is 0 Å². The molecule has 16 heavy (non-hydrogen) atoms. The molecule has 5 nitrogen and oxygen atoms in total. The minimum absolute atomic E-state index is 0.115. The van der Waals surface area contributed by atoms with E-state index in [4.69, 9.17) is 5.73 Å². The van der Waals surface area contributed by atoms with Crippen molar-refractivity contribution >= 4 is 0 Å². The summed E-state index contributed by atoms with van der Waals surface area (Å²) in [6.45, 7) is 0.0814. The first-order chi connectivity index (χ1) is 7.40. The van der Waals surface area contributed by atoms with Gasteiger partial charge in [-0.2, -0.15) is 13.2 Å². The van der Waals surface area contributed by atoms with Gasteiger partial charge in [-0.05, 0) is 7.05 Å². The van der Waals surface area contributed by atoms with Gasteiger partial charge in [0.2, 0.25) is 0 Å². The molecule has 8 heteroatoms. The Hall–Kier alpha value is -1.15. The zero-order chi connectivity index (χ0) is 12.2. The molecule has 1 aromatic rings. The van der Waals surface area contributed by atoms with E-state index >= 15 is 0 Å². The highest BCUT2D eigenvalue weighted by Gasteiger charge is 2.29. The van der Waals surface area contributed by atoms with Gasteiger partial charge in [0.15, 0.2) is 0 Å². The highest BCUT2D eigenvalue weighted by Crippen LogP contribution is 2.16. The van der Waals surface area contributed by atoms with Crippen LogP contribution in [0.4, 0.5) is 13.2 Å². The van der Waals surface area contributed by atoms with Gasteiger partial charge in [-0.1, -0.05) is 5.21 Å². The predicted molar refractivity (Wildman–Crippen MR) is 51.5 cm³/mol. The summed E-state index contributed by atoms with van der Waals surface area (Å²) in [4.78, 5) is 1.14. The van der Waals surface area contributed by atoms with Crippen LogP contribution in [0.25, 0.3) is 0 Å². The van der Waals surface area contributed by atoms with E-state index in [0.717, 1.165) is 4.90 Å². The predicted octanol–water partition coefficient (Wildman–Crippen LogP) is 0.231. The van der Waals surface area contributed by atoms with Gasteiger partial charge in [-0.25, -0.2) is 0 Å². The number of rotatable bonds is 5.